The van der Waals surface area contributed by atoms with E-state index < -0.39 is 5.54 Å². The molecule has 0 spiro atoms. The van der Waals surface area contributed by atoms with Gasteiger partial charge in [-0.3, -0.25) is 4.98 Å². The molecule has 1 saturated heterocycles. The Balaban J connectivity index is 1.56. The molecule has 0 saturated carbocycles. The first-order valence-corrected chi connectivity index (χ1v) is 11.6. The summed E-state index contributed by atoms with van der Waals surface area (Å²) < 4.78 is 5.62. The van der Waals surface area contributed by atoms with E-state index in [1.165, 1.54) is 0 Å². The highest BCUT2D eigenvalue weighted by atomic mass is 16.5. The van der Waals surface area contributed by atoms with Crippen molar-refractivity contribution in [1.82, 2.24) is 19.9 Å². The van der Waals surface area contributed by atoms with Crippen molar-refractivity contribution in [1.29, 1.82) is 0 Å². The van der Waals surface area contributed by atoms with Gasteiger partial charge in [0.25, 0.3) is 0 Å². The van der Waals surface area contributed by atoms with E-state index in [0.29, 0.717) is 17.4 Å². The van der Waals surface area contributed by atoms with Crippen LogP contribution in [0.4, 0.5) is 17.6 Å². The molecule has 1 aliphatic rings. The molecular weight excluding hydrogens is 418 g/mol. The van der Waals surface area contributed by atoms with Crippen LogP contribution >= 0.6 is 0 Å². The number of nitrogens with zero attached hydrogens (tertiary/aromatic N) is 5. The summed E-state index contributed by atoms with van der Waals surface area (Å²) in [6.07, 6.45) is 6.73. The van der Waals surface area contributed by atoms with Crippen LogP contribution in [0.5, 0.6) is 0 Å². The summed E-state index contributed by atoms with van der Waals surface area (Å²) in [6.45, 7) is 8.59. The molecule has 0 unspecified atom stereocenters. The zero-order valence-electron chi connectivity index (χ0n) is 19.6. The smallest absolute Gasteiger partial charge is 0.222 e. The number of pyridine rings is 2. The molecule has 0 amide bonds. The summed E-state index contributed by atoms with van der Waals surface area (Å²) in [7, 11) is 0. The van der Waals surface area contributed by atoms with Crippen LogP contribution in [0.15, 0.2) is 30.6 Å². The maximum atomic E-state index is 9.96. The van der Waals surface area contributed by atoms with Gasteiger partial charge in [-0.05, 0) is 38.5 Å². The summed E-state index contributed by atoms with van der Waals surface area (Å²) in [5.41, 5.74) is 7.86. The third-order valence-electron chi connectivity index (χ3n) is 6.07. The number of nitrogen functional groups attached to an aromatic ring is 1. The number of ether oxygens (including phenoxy) is 1. The number of unbranched alkanes of at least 4 members (excludes halogenated alkanes) is 1. The van der Waals surface area contributed by atoms with Crippen molar-refractivity contribution in [2.24, 2.45) is 0 Å². The fraction of sp³-hybridized carbons (Fsp3) is 0.500. The lowest BCUT2D eigenvalue weighted by Gasteiger charge is -2.39. The summed E-state index contributed by atoms with van der Waals surface area (Å²) in [5, 5.41) is 14.1. The van der Waals surface area contributed by atoms with E-state index in [9.17, 15) is 5.11 Å². The molecule has 176 valence electrons. The molecule has 3 aromatic rings. The van der Waals surface area contributed by atoms with Gasteiger partial charge in [-0.15, -0.1) is 0 Å². The summed E-state index contributed by atoms with van der Waals surface area (Å²) in [5.74, 6) is 1.69. The van der Waals surface area contributed by atoms with Gasteiger partial charge < -0.3 is 25.8 Å². The summed E-state index contributed by atoms with van der Waals surface area (Å²) in [4.78, 5) is 20.2. The van der Waals surface area contributed by atoms with E-state index in [1.54, 1.807) is 6.20 Å². The van der Waals surface area contributed by atoms with Gasteiger partial charge in [-0.2, -0.15) is 4.98 Å². The molecule has 4 N–H and O–H groups in total. The average molecular weight is 452 g/mol. The molecule has 9 heteroatoms. The van der Waals surface area contributed by atoms with Crippen molar-refractivity contribution in [3.63, 3.8) is 0 Å². The molecule has 1 atom stereocenters. The number of aliphatic hydroxyl groups excluding tert-OH is 1. The van der Waals surface area contributed by atoms with Crippen molar-refractivity contribution >= 4 is 28.5 Å². The number of aliphatic hydroxyl groups is 1. The van der Waals surface area contributed by atoms with Crippen molar-refractivity contribution in [3.05, 3.63) is 30.6 Å². The SMILES string of the molecule is CCCC[C@](C)(CO)Nc1nc(N)nc2cc(-c3ccc(N4CC(OCC)C4)nc3)ncc12. The Bertz CT molecular complexity index is 1090. The molecule has 33 heavy (non-hydrogen) atoms. The molecule has 0 aromatic carbocycles. The Morgan fingerprint density at radius 2 is 2.03 bits per heavy atom. The molecule has 1 fully saturated rings. The van der Waals surface area contributed by atoms with Crippen LogP contribution in [0.3, 0.4) is 0 Å². The quantitative estimate of drug-likeness (QED) is 0.426. The second kappa shape index (κ2) is 9.84. The fourth-order valence-electron chi connectivity index (χ4n) is 4.02. The molecule has 9 nitrogen and oxygen atoms in total. The molecule has 4 rings (SSSR count). The van der Waals surface area contributed by atoms with Gasteiger partial charge in [-0.1, -0.05) is 19.8 Å². The van der Waals surface area contributed by atoms with E-state index in [0.717, 1.165) is 61.4 Å². The maximum absolute atomic E-state index is 9.96. The minimum absolute atomic E-state index is 0.00966. The third-order valence-corrected chi connectivity index (χ3v) is 6.07. The predicted molar refractivity (Wildman–Crippen MR) is 131 cm³/mol. The first-order valence-electron chi connectivity index (χ1n) is 11.6. The van der Waals surface area contributed by atoms with Crippen LogP contribution in [0.2, 0.25) is 0 Å². The van der Waals surface area contributed by atoms with E-state index >= 15 is 0 Å². The van der Waals surface area contributed by atoms with Gasteiger partial charge in [0.1, 0.15) is 11.6 Å². The molecule has 1 aliphatic heterocycles. The molecule has 0 aliphatic carbocycles. The van der Waals surface area contributed by atoms with Gasteiger partial charge in [0.15, 0.2) is 0 Å². The van der Waals surface area contributed by atoms with Crippen molar-refractivity contribution in [2.75, 3.05) is 42.3 Å². The number of aromatic nitrogens is 4. The molecule has 4 heterocycles. The van der Waals surface area contributed by atoms with Crippen LogP contribution in [0.25, 0.3) is 22.2 Å². The lowest BCUT2D eigenvalue weighted by Crippen LogP contribution is -2.52. The number of fused-ring (bicyclic) bond motifs is 1. The van der Waals surface area contributed by atoms with Crippen molar-refractivity contribution < 1.29 is 9.84 Å². The zero-order valence-corrected chi connectivity index (χ0v) is 19.6. The highest BCUT2D eigenvalue weighted by Crippen LogP contribution is 2.29. The number of anilines is 3. The van der Waals surface area contributed by atoms with Crippen LogP contribution in [-0.4, -0.2) is 63.0 Å². The average Bonchev–Trinajstić information content (AvgIpc) is 2.79. The first kappa shape index (κ1) is 23.1. The van der Waals surface area contributed by atoms with E-state index in [2.05, 4.69) is 37.1 Å². The Morgan fingerprint density at radius 1 is 1.21 bits per heavy atom. The maximum Gasteiger partial charge on any atom is 0.222 e. The topological polar surface area (TPSA) is 122 Å². The Morgan fingerprint density at radius 3 is 2.70 bits per heavy atom. The van der Waals surface area contributed by atoms with E-state index in [-0.39, 0.29) is 12.6 Å². The van der Waals surface area contributed by atoms with Crippen LogP contribution < -0.4 is 16.0 Å². The zero-order chi connectivity index (χ0) is 23.4. The second-order valence-electron chi connectivity index (χ2n) is 8.85. The highest BCUT2D eigenvalue weighted by molar-refractivity contribution is 5.91. The molecule has 0 radical (unpaired) electrons. The molecule has 3 aromatic heterocycles. The van der Waals surface area contributed by atoms with Gasteiger partial charge in [0.05, 0.1) is 34.8 Å². The molecular formula is C24H33N7O2. The standard InChI is InChI=1S/C24H33N7O2/c1-4-6-9-24(3,15-32)30-22-18-12-26-19(10-20(18)28-23(25)29-22)16-7-8-21(27-11-16)31-13-17(14-31)33-5-2/h7-8,10-12,17,32H,4-6,9,13-15H2,1-3H3,(H3,25,28,29,30)/t24-/m1/s1. The van der Waals surface area contributed by atoms with Crippen molar-refractivity contribution in [3.8, 4) is 11.3 Å². The predicted octanol–water partition coefficient (Wildman–Crippen LogP) is 3.25. The van der Waals surface area contributed by atoms with Gasteiger partial charge in [0.2, 0.25) is 5.95 Å². The number of hydrogen-bond donors (Lipinski definition) is 3. The summed E-state index contributed by atoms with van der Waals surface area (Å²) >= 11 is 0. The number of rotatable bonds is 10. The Hall–Kier alpha value is -3.04. The number of hydrogen-bond acceptors (Lipinski definition) is 9. The molecule has 0 bridgehead atoms. The first-order chi connectivity index (χ1) is 15.9. The monoisotopic (exact) mass is 451 g/mol. The largest absolute Gasteiger partial charge is 0.394 e. The highest BCUT2D eigenvalue weighted by Gasteiger charge is 2.28. The minimum atomic E-state index is -0.500. The Kier molecular flexibility index (Phi) is 6.90. The van der Waals surface area contributed by atoms with Gasteiger partial charge >= 0.3 is 0 Å². The van der Waals surface area contributed by atoms with Crippen LogP contribution in [0.1, 0.15) is 40.0 Å². The van der Waals surface area contributed by atoms with Gasteiger partial charge in [-0.25, -0.2) is 9.97 Å². The Labute approximate surface area is 194 Å². The third kappa shape index (κ3) is 5.15. The van der Waals surface area contributed by atoms with Crippen LogP contribution in [-0.2, 0) is 4.74 Å². The number of nitrogens with one attached hydrogen (secondary N) is 1. The fourth-order valence-corrected chi connectivity index (χ4v) is 4.02. The number of nitrogens with two attached hydrogens (primary N) is 1. The lowest BCUT2D eigenvalue weighted by atomic mass is 9.95. The van der Waals surface area contributed by atoms with Gasteiger partial charge in [0, 0.05) is 37.7 Å². The van der Waals surface area contributed by atoms with Crippen molar-refractivity contribution in [2.45, 2.75) is 51.7 Å². The normalized spacial score (nSPS) is 15.9. The van der Waals surface area contributed by atoms with Crippen LogP contribution in [0, 0.1) is 0 Å². The lowest BCUT2D eigenvalue weighted by molar-refractivity contribution is 0.0427. The van der Waals surface area contributed by atoms with E-state index in [4.69, 9.17) is 10.5 Å². The second-order valence-corrected chi connectivity index (χ2v) is 8.85. The minimum Gasteiger partial charge on any atom is -0.394 e. The summed E-state index contributed by atoms with van der Waals surface area (Å²) in [6, 6.07) is 5.92. The van der Waals surface area contributed by atoms with E-state index in [1.807, 2.05) is 38.2 Å².